The Labute approximate surface area is 114 Å². The smallest absolute Gasteiger partial charge is 0.0933 e. The van der Waals surface area contributed by atoms with Gasteiger partial charge in [-0.05, 0) is 19.0 Å². The second-order valence-corrected chi connectivity index (χ2v) is 5.35. The van der Waals surface area contributed by atoms with Crippen LogP contribution in [-0.4, -0.2) is 11.5 Å². The Morgan fingerprint density at radius 1 is 1.29 bits per heavy atom. The molecule has 0 aliphatic carbocycles. The molecule has 5 heteroatoms. The van der Waals surface area contributed by atoms with Gasteiger partial charge in [0.05, 0.1) is 20.7 Å². The summed E-state index contributed by atoms with van der Waals surface area (Å²) in [6, 6.07) is 5.58. The van der Waals surface area contributed by atoms with Crippen LogP contribution in [0.5, 0.6) is 0 Å². The number of hydrogen-bond acceptors (Lipinski definition) is 3. The molecule has 0 radical (unpaired) electrons. The summed E-state index contributed by atoms with van der Waals surface area (Å²) in [4.78, 5) is 4.54. The van der Waals surface area contributed by atoms with Gasteiger partial charge < -0.3 is 5.73 Å². The van der Waals surface area contributed by atoms with Gasteiger partial charge in [-0.3, -0.25) is 0 Å². The van der Waals surface area contributed by atoms with Crippen molar-refractivity contribution in [3.63, 3.8) is 0 Å². The molecule has 0 atom stereocenters. The minimum atomic E-state index is 0.556. The van der Waals surface area contributed by atoms with E-state index in [1.807, 2.05) is 17.5 Å². The highest BCUT2D eigenvalue weighted by molar-refractivity contribution is 7.09. The Morgan fingerprint density at radius 2 is 2.12 bits per heavy atom. The van der Waals surface area contributed by atoms with Crippen molar-refractivity contribution >= 4 is 34.5 Å². The second-order valence-electron chi connectivity index (χ2n) is 3.62. The molecule has 0 fully saturated rings. The molecule has 2 rings (SSSR count). The van der Waals surface area contributed by atoms with Crippen molar-refractivity contribution in [1.82, 2.24) is 4.98 Å². The molecule has 0 spiro atoms. The first kappa shape index (κ1) is 12.8. The van der Waals surface area contributed by atoms with E-state index in [2.05, 4.69) is 4.98 Å². The zero-order valence-corrected chi connectivity index (χ0v) is 11.4. The topological polar surface area (TPSA) is 38.9 Å². The summed E-state index contributed by atoms with van der Waals surface area (Å²) in [5, 5.41) is 4.20. The van der Waals surface area contributed by atoms with Gasteiger partial charge in [0.15, 0.2) is 0 Å². The highest BCUT2D eigenvalue weighted by Gasteiger charge is 2.10. The summed E-state index contributed by atoms with van der Waals surface area (Å²) in [6.45, 7) is 0.687. The first-order chi connectivity index (χ1) is 8.22. The maximum absolute atomic E-state index is 6.15. The molecule has 90 valence electrons. The van der Waals surface area contributed by atoms with Gasteiger partial charge in [0.2, 0.25) is 0 Å². The molecule has 0 bridgehead atoms. The first-order valence-corrected chi connectivity index (χ1v) is 6.95. The number of halogens is 2. The molecule has 0 unspecified atom stereocenters. The molecule has 1 aromatic heterocycles. The number of nitrogens with two attached hydrogens (primary N) is 1. The van der Waals surface area contributed by atoms with E-state index in [0.29, 0.717) is 16.6 Å². The van der Waals surface area contributed by atoms with Crippen LogP contribution in [0.2, 0.25) is 10.0 Å². The molecule has 0 aliphatic heterocycles. The van der Waals surface area contributed by atoms with Crippen molar-refractivity contribution in [3.8, 4) is 11.3 Å². The molecule has 1 aromatic carbocycles. The molecular weight excluding hydrogens is 275 g/mol. The molecule has 0 amide bonds. The van der Waals surface area contributed by atoms with Gasteiger partial charge >= 0.3 is 0 Å². The third-order valence-corrected chi connectivity index (χ3v) is 4.10. The molecule has 2 aromatic rings. The lowest BCUT2D eigenvalue weighted by molar-refractivity contribution is 0.827. The minimum absolute atomic E-state index is 0.556. The first-order valence-electron chi connectivity index (χ1n) is 5.31. The van der Waals surface area contributed by atoms with Crippen LogP contribution in [-0.2, 0) is 6.42 Å². The van der Waals surface area contributed by atoms with Crippen LogP contribution >= 0.6 is 34.5 Å². The number of hydrogen-bond donors (Lipinski definition) is 1. The van der Waals surface area contributed by atoms with Crippen LogP contribution in [0.4, 0.5) is 0 Å². The third-order valence-electron chi connectivity index (χ3n) is 2.37. The van der Waals surface area contributed by atoms with Crippen LogP contribution in [0.3, 0.4) is 0 Å². The second kappa shape index (κ2) is 5.83. The summed E-state index contributed by atoms with van der Waals surface area (Å²) in [5.41, 5.74) is 7.24. The normalized spacial score (nSPS) is 10.8. The van der Waals surface area contributed by atoms with Crippen molar-refractivity contribution < 1.29 is 0 Å². The maximum Gasteiger partial charge on any atom is 0.0933 e. The Bertz CT molecular complexity index is 511. The zero-order chi connectivity index (χ0) is 12.3. The van der Waals surface area contributed by atoms with Crippen LogP contribution in [0, 0.1) is 0 Å². The predicted octanol–water partition coefficient (Wildman–Crippen LogP) is 4.01. The van der Waals surface area contributed by atoms with E-state index in [9.17, 15) is 0 Å². The van der Waals surface area contributed by atoms with Gasteiger partial charge in [0.1, 0.15) is 0 Å². The van der Waals surface area contributed by atoms with Crippen molar-refractivity contribution in [2.45, 2.75) is 12.8 Å². The van der Waals surface area contributed by atoms with Gasteiger partial charge in [-0.2, -0.15) is 0 Å². The Kier molecular flexibility index (Phi) is 4.40. The molecule has 1 heterocycles. The van der Waals surface area contributed by atoms with Gasteiger partial charge in [-0.15, -0.1) is 11.3 Å². The van der Waals surface area contributed by atoms with E-state index >= 15 is 0 Å². The van der Waals surface area contributed by atoms with Gasteiger partial charge in [-0.1, -0.05) is 35.3 Å². The van der Waals surface area contributed by atoms with E-state index in [4.69, 9.17) is 28.9 Å². The SMILES string of the molecule is NCCCc1nc(-c2cccc(Cl)c2Cl)cs1. The van der Waals surface area contributed by atoms with Crippen molar-refractivity contribution in [3.05, 3.63) is 38.6 Å². The molecule has 2 nitrogen and oxygen atoms in total. The van der Waals surface area contributed by atoms with Crippen LogP contribution in [0.15, 0.2) is 23.6 Å². The Balaban J connectivity index is 2.27. The summed E-state index contributed by atoms with van der Waals surface area (Å²) < 4.78 is 0. The van der Waals surface area contributed by atoms with Crippen LogP contribution in [0.1, 0.15) is 11.4 Å². The van der Waals surface area contributed by atoms with E-state index in [1.54, 1.807) is 17.4 Å². The lowest BCUT2D eigenvalue weighted by atomic mass is 10.2. The summed E-state index contributed by atoms with van der Waals surface area (Å²) in [5.74, 6) is 0. The number of benzene rings is 1. The minimum Gasteiger partial charge on any atom is -0.330 e. The number of aryl methyl sites for hydroxylation is 1. The van der Waals surface area contributed by atoms with Gasteiger partial charge in [0.25, 0.3) is 0 Å². The lowest BCUT2D eigenvalue weighted by Gasteiger charge is -2.01. The average Bonchev–Trinajstić information content (AvgIpc) is 2.78. The van der Waals surface area contributed by atoms with Crippen molar-refractivity contribution in [2.24, 2.45) is 5.73 Å². The molecular formula is C12H12Cl2N2S. The fraction of sp³-hybridized carbons (Fsp3) is 0.250. The number of rotatable bonds is 4. The number of nitrogens with zero attached hydrogens (tertiary/aromatic N) is 1. The monoisotopic (exact) mass is 286 g/mol. The molecule has 17 heavy (non-hydrogen) atoms. The molecule has 0 saturated carbocycles. The lowest BCUT2D eigenvalue weighted by Crippen LogP contribution is -1.99. The van der Waals surface area contributed by atoms with Gasteiger partial charge in [-0.25, -0.2) is 4.98 Å². The van der Waals surface area contributed by atoms with E-state index in [0.717, 1.165) is 29.1 Å². The fourth-order valence-electron chi connectivity index (χ4n) is 1.50. The fourth-order valence-corrected chi connectivity index (χ4v) is 2.74. The van der Waals surface area contributed by atoms with Crippen molar-refractivity contribution in [1.29, 1.82) is 0 Å². The maximum atomic E-state index is 6.15. The van der Waals surface area contributed by atoms with E-state index < -0.39 is 0 Å². The highest BCUT2D eigenvalue weighted by Crippen LogP contribution is 2.33. The third kappa shape index (κ3) is 2.99. The van der Waals surface area contributed by atoms with Crippen LogP contribution < -0.4 is 5.73 Å². The Hall–Kier alpha value is -0.610. The van der Waals surface area contributed by atoms with E-state index in [1.165, 1.54) is 0 Å². The molecule has 2 N–H and O–H groups in total. The van der Waals surface area contributed by atoms with E-state index in [-0.39, 0.29) is 0 Å². The summed E-state index contributed by atoms with van der Waals surface area (Å²) >= 11 is 13.8. The quantitative estimate of drug-likeness (QED) is 0.922. The van der Waals surface area contributed by atoms with Crippen molar-refractivity contribution in [2.75, 3.05) is 6.54 Å². The largest absolute Gasteiger partial charge is 0.330 e. The van der Waals surface area contributed by atoms with Gasteiger partial charge in [0, 0.05) is 17.4 Å². The summed E-state index contributed by atoms with van der Waals surface area (Å²) in [6.07, 6.45) is 1.87. The highest BCUT2D eigenvalue weighted by atomic mass is 35.5. The number of thiazole rings is 1. The standard InChI is InChI=1S/C12H12Cl2N2S/c13-9-4-1-3-8(12(9)14)10-7-17-11(16-10)5-2-6-15/h1,3-4,7H,2,5-6,15H2. The molecule has 0 saturated heterocycles. The summed E-state index contributed by atoms with van der Waals surface area (Å²) in [7, 11) is 0. The zero-order valence-electron chi connectivity index (χ0n) is 9.12. The average molecular weight is 287 g/mol. The van der Waals surface area contributed by atoms with Crippen LogP contribution in [0.25, 0.3) is 11.3 Å². The predicted molar refractivity (Wildman–Crippen MR) is 74.9 cm³/mol. The molecule has 0 aliphatic rings. The Morgan fingerprint density at radius 3 is 2.88 bits per heavy atom. The number of aromatic nitrogens is 1.